The van der Waals surface area contributed by atoms with Gasteiger partial charge in [-0.2, -0.15) is 5.10 Å². The second-order valence-corrected chi connectivity index (χ2v) is 8.63. The number of aliphatic imine (C=N–C) groups is 1. The molecule has 2 aromatic carbocycles. The molecule has 0 aliphatic rings. The molecule has 0 spiro atoms. The molecule has 3 aromatic heterocycles. The second-order valence-electron chi connectivity index (χ2n) is 7.63. The monoisotopic (exact) mass is 466 g/mol. The number of amidine groups is 1. The van der Waals surface area contributed by atoms with Gasteiger partial charge in [-0.05, 0) is 18.6 Å². The van der Waals surface area contributed by atoms with E-state index in [-0.39, 0.29) is 5.84 Å². The van der Waals surface area contributed by atoms with E-state index < -0.39 is 0 Å². The molecule has 5 aromatic rings. The Bertz CT molecular complexity index is 1490. The van der Waals surface area contributed by atoms with Gasteiger partial charge in [0, 0.05) is 17.8 Å². The normalized spacial score (nSPS) is 11.6. The van der Waals surface area contributed by atoms with Crippen LogP contribution in [-0.4, -0.2) is 26.8 Å². The van der Waals surface area contributed by atoms with Gasteiger partial charge >= 0.3 is 0 Å². The lowest BCUT2D eigenvalue weighted by Crippen LogP contribution is -2.12. The van der Waals surface area contributed by atoms with E-state index in [0.717, 1.165) is 55.6 Å². The van der Waals surface area contributed by atoms with Gasteiger partial charge in [-0.15, -0.1) is 11.3 Å². The van der Waals surface area contributed by atoms with Crippen molar-refractivity contribution in [1.29, 1.82) is 5.41 Å². The summed E-state index contributed by atoms with van der Waals surface area (Å²) in [4.78, 5) is 9.66. The number of thiazole rings is 1. The summed E-state index contributed by atoms with van der Waals surface area (Å²) in [7, 11) is 0. The molecular formula is C26H22N6OS. The van der Waals surface area contributed by atoms with Crippen LogP contribution in [0.5, 0.6) is 5.75 Å². The highest BCUT2D eigenvalue weighted by molar-refractivity contribution is 7.17. The SMILES string of the molecule is Cc1nn2ccc(OCc3ccccc3)cc2c1-c1nc(-c2ccccc2)c(C(N)=NC=N)s1. The van der Waals surface area contributed by atoms with Crippen molar-refractivity contribution < 1.29 is 4.74 Å². The largest absolute Gasteiger partial charge is 0.489 e. The summed E-state index contributed by atoms with van der Waals surface area (Å²) in [5, 5.41) is 12.8. The Morgan fingerprint density at radius 2 is 1.85 bits per heavy atom. The lowest BCUT2D eigenvalue weighted by atomic mass is 10.1. The molecule has 0 amide bonds. The minimum absolute atomic E-state index is 0.263. The zero-order valence-electron chi connectivity index (χ0n) is 18.5. The van der Waals surface area contributed by atoms with Crippen LogP contribution < -0.4 is 10.5 Å². The second kappa shape index (κ2) is 9.29. The van der Waals surface area contributed by atoms with E-state index in [1.165, 1.54) is 11.3 Å². The molecule has 0 fully saturated rings. The van der Waals surface area contributed by atoms with E-state index in [4.69, 9.17) is 20.9 Å². The number of nitrogens with zero attached hydrogens (tertiary/aromatic N) is 4. The summed E-state index contributed by atoms with van der Waals surface area (Å²) in [5.41, 5.74) is 11.6. The van der Waals surface area contributed by atoms with Crippen molar-refractivity contribution >= 4 is 29.0 Å². The van der Waals surface area contributed by atoms with E-state index in [2.05, 4.69) is 10.1 Å². The number of fused-ring (bicyclic) bond motifs is 1. The standard InChI is InChI=1S/C26H22N6OS/c1-17-22(21-14-20(12-13-32(21)31-17)33-15-18-8-4-2-5-9-18)26-30-23(19-10-6-3-7-11-19)24(34-26)25(28)29-16-27/h2-14,16H,15H2,1H3,(H3,27,28,29). The summed E-state index contributed by atoms with van der Waals surface area (Å²) < 4.78 is 7.88. The maximum Gasteiger partial charge on any atom is 0.144 e. The van der Waals surface area contributed by atoms with Crippen LogP contribution in [0.15, 0.2) is 84.0 Å². The van der Waals surface area contributed by atoms with Crippen molar-refractivity contribution in [3.8, 4) is 27.6 Å². The molecule has 0 aliphatic carbocycles. The van der Waals surface area contributed by atoms with E-state index in [0.29, 0.717) is 6.61 Å². The van der Waals surface area contributed by atoms with Crippen LogP contribution in [0.1, 0.15) is 16.1 Å². The maximum absolute atomic E-state index is 7.34. The minimum atomic E-state index is 0.263. The van der Waals surface area contributed by atoms with Gasteiger partial charge in [-0.1, -0.05) is 60.7 Å². The molecule has 0 bridgehead atoms. The lowest BCUT2D eigenvalue weighted by molar-refractivity contribution is 0.306. The van der Waals surface area contributed by atoms with E-state index in [1.54, 1.807) is 0 Å². The third kappa shape index (κ3) is 4.18. The number of hydrogen-bond acceptors (Lipinski definition) is 5. The molecule has 168 valence electrons. The van der Waals surface area contributed by atoms with Crippen LogP contribution in [0.2, 0.25) is 0 Å². The Hall–Kier alpha value is -4.30. The van der Waals surface area contributed by atoms with Gasteiger partial charge in [-0.3, -0.25) is 5.41 Å². The first-order chi connectivity index (χ1) is 16.6. The number of aryl methyl sites for hydroxylation is 1. The summed E-state index contributed by atoms with van der Waals surface area (Å²) in [6, 6.07) is 23.8. The van der Waals surface area contributed by atoms with Crippen LogP contribution >= 0.6 is 11.3 Å². The van der Waals surface area contributed by atoms with Gasteiger partial charge in [0.25, 0.3) is 0 Å². The van der Waals surface area contributed by atoms with Crippen LogP contribution in [-0.2, 0) is 6.61 Å². The van der Waals surface area contributed by atoms with Gasteiger partial charge in [-0.25, -0.2) is 14.5 Å². The highest BCUT2D eigenvalue weighted by atomic mass is 32.1. The molecule has 0 aliphatic heterocycles. The Labute approximate surface area is 200 Å². The third-order valence-electron chi connectivity index (χ3n) is 5.35. The highest BCUT2D eigenvalue weighted by Gasteiger charge is 2.21. The first kappa shape index (κ1) is 21.5. The van der Waals surface area contributed by atoms with E-state index >= 15 is 0 Å². The summed E-state index contributed by atoms with van der Waals surface area (Å²) in [6.45, 7) is 2.45. The van der Waals surface area contributed by atoms with Crippen molar-refractivity contribution in [2.45, 2.75) is 13.5 Å². The van der Waals surface area contributed by atoms with Crippen LogP contribution in [0.3, 0.4) is 0 Å². The first-order valence-electron chi connectivity index (χ1n) is 10.7. The molecule has 0 radical (unpaired) electrons. The van der Waals surface area contributed by atoms with Crippen LogP contribution in [0.4, 0.5) is 0 Å². The van der Waals surface area contributed by atoms with E-state index in [9.17, 15) is 0 Å². The highest BCUT2D eigenvalue weighted by Crippen LogP contribution is 2.38. The molecule has 0 atom stereocenters. The van der Waals surface area contributed by atoms with Gasteiger partial charge < -0.3 is 10.5 Å². The number of rotatable bonds is 7. The van der Waals surface area contributed by atoms with Crippen molar-refractivity contribution in [2.75, 3.05) is 0 Å². The Morgan fingerprint density at radius 3 is 2.59 bits per heavy atom. The molecule has 0 saturated heterocycles. The van der Waals surface area contributed by atoms with Crippen molar-refractivity contribution in [1.82, 2.24) is 14.6 Å². The molecule has 3 heterocycles. The quantitative estimate of drug-likeness (QED) is 0.250. The van der Waals surface area contributed by atoms with Gasteiger partial charge in [0.1, 0.15) is 29.5 Å². The third-order valence-corrected chi connectivity index (χ3v) is 6.45. The summed E-state index contributed by atoms with van der Waals surface area (Å²) in [5.74, 6) is 1.01. The fraction of sp³-hybridized carbons (Fsp3) is 0.0769. The topological polar surface area (TPSA) is 102 Å². The molecule has 0 saturated carbocycles. The smallest absolute Gasteiger partial charge is 0.144 e. The molecule has 0 unspecified atom stereocenters. The summed E-state index contributed by atoms with van der Waals surface area (Å²) >= 11 is 1.44. The lowest BCUT2D eigenvalue weighted by Gasteiger charge is -2.07. The number of nitrogens with two attached hydrogens (primary N) is 1. The Morgan fingerprint density at radius 1 is 1.12 bits per heavy atom. The number of aromatic nitrogens is 3. The van der Waals surface area contributed by atoms with Crippen molar-refractivity contribution in [3.05, 3.63) is 95.1 Å². The van der Waals surface area contributed by atoms with Crippen molar-refractivity contribution in [3.63, 3.8) is 0 Å². The average molecular weight is 467 g/mol. The predicted octanol–water partition coefficient (Wildman–Crippen LogP) is 5.32. The van der Waals surface area contributed by atoms with Crippen molar-refractivity contribution in [2.24, 2.45) is 10.7 Å². The Kier molecular flexibility index (Phi) is 5.88. The fourth-order valence-corrected chi connectivity index (χ4v) is 4.86. The molecule has 8 heteroatoms. The Balaban J connectivity index is 1.59. The predicted molar refractivity (Wildman–Crippen MR) is 137 cm³/mol. The molecule has 3 N–H and O–H groups in total. The minimum Gasteiger partial charge on any atom is -0.489 e. The van der Waals surface area contributed by atoms with Gasteiger partial charge in [0.15, 0.2) is 0 Å². The number of benzene rings is 2. The number of ether oxygens (including phenoxy) is 1. The van der Waals surface area contributed by atoms with Crippen LogP contribution in [0, 0.1) is 12.3 Å². The maximum atomic E-state index is 7.34. The van der Waals surface area contributed by atoms with Crippen LogP contribution in [0.25, 0.3) is 27.3 Å². The van der Waals surface area contributed by atoms with Gasteiger partial charge in [0.2, 0.25) is 0 Å². The summed E-state index contributed by atoms with van der Waals surface area (Å²) in [6.07, 6.45) is 2.84. The molecule has 5 rings (SSSR count). The number of hydrogen-bond donors (Lipinski definition) is 2. The first-order valence-corrected chi connectivity index (χ1v) is 11.5. The van der Waals surface area contributed by atoms with Gasteiger partial charge in [0.05, 0.1) is 27.3 Å². The number of nitrogens with one attached hydrogen (secondary N) is 1. The molecular weight excluding hydrogens is 444 g/mol. The zero-order chi connectivity index (χ0) is 23.5. The molecule has 7 nitrogen and oxygen atoms in total. The fourth-order valence-electron chi connectivity index (χ4n) is 3.76. The zero-order valence-corrected chi connectivity index (χ0v) is 19.3. The number of pyridine rings is 1. The average Bonchev–Trinajstić information content (AvgIpc) is 3.44. The molecule has 34 heavy (non-hydrogen) atoms. The van der Waals surface area contributed by atoms with E-state index in [1.807, 2.05) is 90.4 Å².